The first-order valence-electron chi connectivity index (χ1n) is 6.18. The molecule has 0 amide bonds. The van der Waals surface area contributed by atoms with Crippen molar-refractivity contribution in [2.75, 3.05) is 0 Å². The first-order chi connectivity index (χ1) is 10.1. The van der Waals surface area contributed by atoms with Crippen LogP contribution >= 0.6 is 39.5 Å². The summed E-state index contributed by atoms with van der Waals surface area (Å²) in [5.41, 5.74) is 0.935. The fourth-order valence-electron chi connectivity index (χ4n) is 1.85. The summed E-state index contributed by atoms with van der Waals surface area (Å²) in [4.78, 5) is 2.33. The predicted molar refractivity (Wildman–Crippen MR) is 92.6 cm³/mol. The number of aromatic amines is 1. The Morgan fingerprint density at radius 2 is 2.14 bits per heavy atom. The molecule has 1 N–H and O–H groups in total. The Kier molecular flexibility index (Phi) is 4.14. The molecule has 0 saturated carbocycles. The van der Waals surface area contributed by atoms with E-state index in [1.807, 2.05) is 30.3 Å². The zero-order valence-corrected chi connectivity index (χ0v) is 14.3. The normalized spacial score (nSPS) is 11.3. The highest BCUT2D eigenvalue weighted by molar-refractivity contribution is 9.10. The molecule has 106 valence electrons. The summed E-state index contributed by atoms with van der Waals surface area (Å²) in [7, 11) is 0. The molecule has 0 unspecified atom stereocenters. The van der Waals surface area contributed by atoms with Crippen molar-refractivity contribution in [3.05, 3.63) is 55.4 Å². The highest BCUT2D eigenvalue weighted by Gasteiger charge is 2.10. The van der Waals surface area contributed by atoms with Gasteiger partial charge in [-0.3, -0.25) is 0 Å². The molecule has 3 rings (SSSR count). The lowest BCUT2D eigenvalue weighted by molar-refractivity contribution is 0.871. The number of H-pyrrole nitrogens is 1. The van der Waals surface area contributed by atoms with E-state index in [0.717, 1.165) is 14.9 Å². The van der Waals surface area contributed by atoms with E-state index in [1.165, 1.54) is 4.88 Å². The molecule has 21 heavy (non-hydrogen) atoms. The lowest BCUT2D eigenvalue weighted by Gasteiger charge is -2.02. The SMILES string of the molecule is Cc1ccc(C=Nn2c(-c3ccccc3Br)n[nH]c2=S)s1. The highest BCUT2D eigenvalue weighted by atomic mass is 79.9. The van der Waals surface area contributed by atoms with Crippen LogP contribution in [0, 0.1) is 11.7 Å². The molecule has 2 heterocycles. The third kappa shape index (κ3) is 3.04. The Morgan fingerprint density at radius 3 is 2.86 bits per heavy atom. The van der Waals surface area contributed by atoms with Gasteiger partial charge in [-0.05, 0) is 43.4 Å². The molecule has 0 saturated heterocycles. The van der Waals surface area contributed by atoms with Gasteiger partial charge in [0.1, 0.15) is 0 Å². The van der Waals surface area contributed by atoms with E-state index >= 15 is 0 Å². The molecule has 1 aromatic carbocycles. The topological polar surface area (TPSA) is 46.0 Å². The molecule has 0 fully saturated rings. The molecule has 0 aliphatic rings. The van der Waals surface area contributed by atoms with Gasteiger partial charge in [0.15, 0.2) is 5.82 Å². The number of nitrogens with zero attached hydrogens (tertiary/aromatic N) is 3. The summed E-state index contributed by atoms with van der Waals surface area (Å²) in [6.07, 6.45) is 1.79. The predicted octanol–water partition coefficient (Wildman–Crippen LogP) is 4.62. The van der Waals surface area contributed by atoms with Crippen molar-refractivity contribution >= 4 is 45.7 Å². The summed E-state index contributed by atoms with van der Waals surface area (Å²) in [6, 6.07) is 11.9. The lowest BCUT2D eigenvalue weighted by Crippen LogP contribution is -1.95. The number of aryl methyl sites for hydroxylation is 1. The van der Waals surface area contributed by atoms with Crippen molar-refractivity contribution in [3.8, 4) is 11.4 Å². The van der Waals surface area contributed by atoms with Gasteiger partial charge in [-0.25, -0.2) is 5.10 Å². The number of aromatic nitrogens is 3. The Bertz CT molecular complexity index is 860. The van der Waals surface area contributed by atoms with Gasteiger partial charge in [-0.1, -0.05) is 28.1 Å². The number of nitrogens with one attached hydrogen (secondary N) is 1. The van der Waals surface area contributed by atoms with Gasteiger partial charge >= 0.3 is 0 Å². The lowest BCUT2D eigenvalue weighted by atomic mass is 10.2. The Morgan fingerprint density at radius 1 is 1.33 bits per heavy atom. The van der Waals surface area contributed by atoms with Crippen molar-refractivity contribution in [2.45, 2.75) is 6.92 Å². The second-order valence-electron chi connectivity index (χ2n) is 4.34. The maximum Gasteiger partial charge on any atom is 0.216 e. The number of hydrogen-bond acceptors (Lipinski definition) is 4. The third-order valence-corrected chi connectivity index (χ3v) is 4.72. The van der Waals surface area contributed by atoms with Crippen LogP contribution in [0.4, 0.5) is 0 Å². The summed E-state index contributed by atoms with van der Waals surface area (Å²) in [6.45, 7) is 2.07. The van der Waals surface area contributed by atoms with Gasteiger partial charge in [0, 0.05) is 19.8 Å². The van der Waals surface area contributed by atoms with Crippen molar-refractivity contribution in [1.29, 1.82) is 0 Å². The Hall–Kier alpha value is -1.57. The second-order valence-corrected chi connectivity index (χ2v) is 6.90. The van der Waals surface area contributed by atoms with E-state index in [1.54, 1.807) is 22.2 Å². The van der Waals surface area contributed by atoms with Crippen LogP contribution in [-0.4, -0.2) is 21.1 Å². The van der Waals surface area contributed by atoms with Gasteiger partial charge in [-0.15, -0.1) is 11.3 Å². The van der Waals surface area contributed by atoms with Crippen LogP contribution in [0.2, 0.25) is 0 Å². The number of hydrogen-bond donors (Lipinski definition) is 1. The summed E-state index contributed by atoms with van der Waals surface area (Å²) >= 11 is 10.5. The van der Waals surface area contributed by atoms with Crippen LogP contribution < -0.4 is 0 Å². The molecule has 0 spiro atoms. The minimum atomic E-state index is 0.463. The van der Waals surface area contributed by atoms with E-state index in [4.69, 9.17) is 12.2 Å². The van der Waals surface area contributed by atoms with Gasteiger partial charge in [-0.2, -0.15) is 14.9 Å². The van der Waals surface area contributed by atoms with Gasteiger partial charge in [0.05, 0.1) is 6.21 Å². The summed E-state index contributed by atoms with van der Waals surface area (Å²) < 4.78 is 3.04. The van der Waals surface area contributed by atoms with Crippen LogP contribution in [0.5, 0.6) is 0 Å². The highest BCUT2D eigenvalue weighted by Crippen LogP contribution is 2.26. The van der Waals surface area contributed by atoms with Crippen molar-refractivity contribution in [2.24, 2.45) is 5.10 Å². The van der Waals surface area contributed by atoms with Crippen LogP contribution in [0.25, 0.3) is 11.4 Å². The maximum absolute atomic E-state index is 5.26. The fraction of sp³-hybridized carbons (Fsp3) is 0.0714. The zero-order valence-electron chi connectivity index (χ0n) is 11.1. The molecule has 2 aromatic heterocycles. The minimum Gasteiger partial charge on any atom is -0.250 e. The molecule has 7 heteroatoms. The first-order valence-corrected chi connectivity index (χ1v) is 8.20. The molecule has 0 bridgehead atoms. The van der Waals surface area contributed by atoms with Crippen molar-refractivity contribution in [3.63, 3.8) is 0 Å². The molecule has 0 atom stereocenters. The Balaban J connectivity index is 2.04. The summed E-state index contributed by atoms with van der Waals surface area (Å²) in [5.74, 6) is 0.678. The Labute approximate surface area is 139 Å². The van der Waals surface area contributed by atoms with E-state index in [2.05, 4.69) is 44.2 Å². The molecule has 4 nitrogen and oxygen atoms in total. The molecule has 3 aromatic rings. The third-order valence-electron chi connectivity index (χ3n) is 2.83. The summed E-state index contributed by atoms with van der Waals surface area (Å²) in [5, 5.41) is 11.5. The number of thiophene rings is 1. The monoisotopic (exact) mass is 378 g/mol. The maximum atomic E-state index is 5.26. The largest absolute Gasteiger partial charge is 0.250 e. The molecule has 0 aliphatic carbocycles. The van der Waals surface area contributed by atoms with Gasteiger partial charge < -0.3 is 0 Å². The number of halogens is 1. The quantitative estimate of drug-likeness (QED) is 0.533. The van der Waals surface area contributed by atoms with Gasteiger partial charge in [0.2, 0.25) is 4.77 Å². The average Bonchev–Trinajstić information content (AvgIpc) is 3.04. The van der Waals surface area contributed by atoms with Crippen molar-refractivity contribution < 1.29 is 0 Å². The fourth-order valence-corrected chi connectivity index (χ4v) is 3.24. The van der Waals surface area contributed by atoms with Crippen LogP contribution in [0.3, 0.4) is 0 Å². The van der Waals surface area contributed by atoms with Crippen LogP contribution in [-0.2, 0) is 0 Å². The average molecular weight is 379 g/mol. The first kappa shape index (κ1) is 14.4. The zero-order chi connectivity index (χ0) is 14.8. The molecular formula is C14H11BrN4S2. The van der Waals surface area contributed by atoms with Crippen molar-refractivity contribution in [1.82, 2.24) is 14.9 Å². The standard InChI is InChI=1S/C14H11BrN4S2/c1-9-6-7-10(21-9)8-16-19-13(17-18-14(19)20)11-4-2-3-5-12(11)15/h2-8H,1H3,(H,18,20). The molecular weight excluding hydrogens is 368 g/mol. The van der Waals surface area contributed by atoms with Crippen LogP contribution in [0.1, 0.15) is 9.75 Å². The number of rotatable bonds is 3. The van der Waals surface area contributed by atoms with Gasteiger partial charge in [0.25, 0.3) is 0 Å². The minimum absolute atomic E-state index is 0.463. The smallest absolute Gasteiger partial charge is 0.216 e. The molecule has 0 aliphatic heterocycles. The van der Waals surface area contributed by atoms with E-state index in [0.29, 0.717) is 10.6 Å². The number of benzene rings is 1. The second kappa shape index (κ2) is 6.05. The van der Waals surface area contributed by atoms with E-state index in [-0.39, 0.29) is 0 Å². The van der Waals surface area contributed by atoms with E-state index < -0.39 is 0 Å². The molecule has 0 radical (unpaired) electrons. The van der Waals surface area contributed by atoms with Crippen LogP contribution in [0.15, 0.2) is 46.0 Å². The van der Waals surface area contributed by atoms with E-state index in [9.17, 15) is 0 Å².